The second kappa shape index (κ2) is 3.96. The Balaban J connectivity index is 1.85. The van der Waals surface area contributed by atoms with Crippen molar-refractivity contribution in [3.8, 4) is 0 Å². The SMILES string of the molecule is OC1(c2ccc(N3CCOCC3)c(F)c2)CC1. The molecule has 0 bridgehead atoms. The molecule has 0 unspecified atom stereocenters. The first-order valence-electron chi connectivity index (χ1n) is 6.04. The van der Waals surface area contributed by atoms with Gasteiger partial charge in [0.05, 0.1) is 24.5 Å². The van der Waals surface area contributed by atoms with E-state index in [-0.39, 0.29) is 5.82 Å². The molecule has 1 aromatic rings. The molecule has 3 nitrogen and oxygen atoms in total. The zero-order valence-electron chi connectivity index (χ0n) is 9.66. The van der Waals surface area contributed by atoms with Crippen LogP contribution in [-0.4, -0.2) is 31.4 Å². The van der Waals surface area contributed by atoms with E-state index in [0.717, 1.165) is 25.9 Å². The highest BCUT2D eigenvalue weighted by Crippen LogP contribution is 2.45. The number of anilines is 1. The molecule has 1 aliphatic heterocycles. The molecule has 1 aliphatic carbocycles. The molecule has 0 spiro atoms. The summed E-state index contributed by atoms with van der Waals surface area (Å²) in [5.74, 6) is -0.246. The zero-order chi connectivity index (χ0) is 11.9. The number of morpholine rings is 1. The van der Waals surface area contributed by atoms with E-state index in [9.17, 15) is 9.50 Å². The summed E-state index contributed by atoms with van der Waals surface area (Å²) in [5.41, 5.74) is 0.554. The molecule has 1 N–H and O–H groups in total. The monoisotopic (exact) mass is 237 g/mol. The smallest absolute Gasteiger partial charge is 0.146 e. The first-order valence-corrected chi connectivity index (χ1v) is 6.04. The van der Waals surface area contributed by atoms with Crippen LogP contribution in [0.3, 0.4) is 0 Å². The third-order valence-electron chi connectivity index (χ3n) is 3.56. The van der Waals surface area contributed by atoms with Crippen molar-refractivity contribution in [2.45, 2.75) is 18.4 Å². The highest BCUT2D eigenvalue weighted by Gasteiger charge is 2.42. The molecule has 4 heteroatoms. The van der Waals surface area contributed by atoms with Crippen LogP contribution < -0.4 is 4.90 Å². The summed E-state index contributed by atoms with van der Waals surface area (Å²) in [6.07, 6.45) is 1.48. The van der Waals surface area contributed by atoms with E-state index in [1.165, 1.54) is 6.07 Å². The van der Waals surface area contributed by atoms with Crippen molar-refractivity contribution in [3.63, 3.8) is 0 Å². The number of aliphatic hydroxyl groups is 1. The summed E-state index contributed by atoms with van der Waals surface area (Å²) in [7, 11) is 0. The predicted octanol–water partition coefficient (Wildman–Crippen LogP) is 1.64. The summed E-state index contributed by atoms with van der Waals surface area (Å²) in [4.78, 5) is 1.99. The fourth-order valence-electron chi connectivity index (χ4n) is 2.26. The van der Waals surface area contributed by atoms with Gasteiger partial charge in [-0.15, -0.1) is 0 Å². The van der Waals surface area contributed by atoms with Gasteiger partial charge in [-0.1, -0.05) is 6.07 Å². The normalized spacial score (nSPS) is 22.6. The van der Waals surface area contributed by atoms with Gasteiger partial charge in [-0.25, -0.2) is 4.39 Å². The maximum absolute atomic E-state index is 14.0. The van der Waals surface area contributed by atoms with Gasteiger partial charge in [0, 0.05) is 13.1 Å². The molecule has 3 rings (SSSR count). The zero-order valence-corrected chi connectivity index (χ0v) is 9.66. The van der Waals surface area contributed by atoms with Gasteiger partial charge in [-0.05, 0) is 30.5 Å². The Morgan fingerprint density at radius 2 is 1.94 bits per heavy atom. The Labute approximate surface area is 99.8 Å². The summed E-state index contributed by atoms with van der Waals surface area (Å²) in [6.45, 7) is 2.73. The molecule has 0 radical (unpaired) electrons. The fourth-order valence-corrected chi connectivity index (χ4v) is 2.26. The van der Waals surface area contributed by atoms with Crippen LogP contribution >= 0.6 is 0 Å². The maximum atomic E-state index is 14.0. The standard InChI is InChI=1S/C13H16FNO2/c14-11-9-10(13(16)3-4-13)1-2-12(11)15-5-7-17-8-6-15/h1-2,9,16H,3-8H2. The van der Waals surface area contributed by atoms with E-state index in [1.54, 1.807) is 6.07 Å². The molecule has 1 saturated heterocycles. The summed E-state index contributed by atoms with van der Waals surface area (Å²) in [5, 5.41) is 9.93. The number of hydrogen-bond acceptors (Lipinski definition) is 3. The molecule has 1 heterocycles. The minimum absolute atomic E-state index is 0.246. The van der Waals surface area contributed by atoms with Gasteiger partial charge < -0.3 is 14.7 Å². The Morgan fingerprint density at radius 3 is 2.53 bits per heavy atom. The number of ether oxygens (including phenoxy) is 1. The van der Waals surface area contributed by atoms with Crippen LogP contribution in [0, 0.1) is 5.82 Å². The van der Waals surface area contributed by atoms with Gasteiger partial charge in [0.15, 0.2) is 0 Å². The van der Waals surface area contributed by atoms with Crippen molar-refractivity contribution in [2.24, 2.45) is 0 Å². The lowest BCUT2D eigenvalue weighted by molar-refractivity contribution is 0.122. The molecular weight excluding hydrogens is 221 g/mol. The predicted molar refractivity (Wildman–Crippen MR) is 62.6 cm³/mol. The molecule has 0 amide bonds. The topological polar surface area (TPSA) is 32.7 Å². The summed E-state index contributed by atoms with van der Waals surface area (Å²) < 4.78 is 19.2. The molecule has 1 aromatic carbocycles. The molecule has 1 saturated carbocycles. The summed E-state index contributed by atoms with van der Waals surface area (Å²) in [6, 6.07) is 5.07. The van der Waals surface area contributed by atoms with Crippen molar-refractivity contribution in [1.29, 1.82) is 0 Å². The van der Waals surface area contributed by atoms with Gasteiger partial charge in [-0.2, -0.15) is 0 Å². The Morgan fingerprint density at radius 1 is 1.24 bits per heavy atom. The highest BCUT2D eigenvalue weighted by atomic mass is 19.1. The van der Waals surface area contributed by atoms with E-state index < -0.39 is 5.60 Å². The average Bonchev–Trinajstić information content (AvgIpc) is 3.10. The van der Waals surface area contributed by atoms with Crippen LogP contribution in [0.4, 0.5) is 10.1 Å². The second-order valence-corrected chi connectivity index (χ2v) is 4.80. The molecule has 17 heavy (non-hydrogen) atoms. The molecule has 0 aromatic heterocycles. The second-order valence-electron chi connectivity index (χ2n) is 4.80. The molecule has 0 atom stereocenters. The van der Waals surface area contributed by atoms with Crippen molar-refractivity contribution >= 4 is 5.69 Å². The lowest BCUT2D eigenvalue weighted by Gasteiger charge is -2.29. The fraction of sp³-hybridized carbons (Fsp3) is 0.538. The van der Waals surface area contributed by atoms with Crippen molar-refractivity contribution in [1.82, 2.24) is 0 Å². The average molecular weight is 237 g/mol. The van der Waals surface area contributed by atoms with Gasteiger partial charge in [-0.3, -0.25) is 0 Å². The Kier molecular flexibility index (Phi) is 2.56. The number of nitrogens with zero attached hydrogens (tertiary/aromatic N) is 1. The van der Waals surface area contributed by atoms with Crippen LogP contribution in [0.5, 0.6) is 0 Å². The van der Waals surface area contributed by atoms with Gasteiger partial charge >= 0.3 is 0 Å². The van der Waals surface area contributed by atoms with E-state index in [4.69, 9.17) is 4.74 Å². The van der Waals surface area contributed by atoms with Crippen molar-refractivity contribution < 1.29 is 14.2 Å². The largest absolute Gasteiger partial charge is 0.385 e. The first-order chi connectivity index (χ1) is 8.19. The molecular formula is C13H16FNO2. The van der Waals surface area contributed by atoms with E-state index >= 15 is 0 Å². The maximum Gasteiger partial charge on any atom is 0.146 e. The van der Waals surface area contributed by atoms with E-state index in [2.05, 4.69) is 0 Å². The van der Waals surface area contributed by atoms with Crippen LogP contribution in [-0.2, 0) is 10.3 Å². The molecule has 92 valence electrons. The third kappa shape index (κ3) is 2.03. The lowest BCUT2D eigenvalue weighted by atomic mass is 10.1. The van der Waals surface area contributed by atoms with E-state index in [1.807, 2.05) is 11.0 Å². The van der Waals surface area contributed by atoms with Crippen LogP contribution in [0.15, 0.2) is 18.2 Å². The van der Waals surface area contributed by atoms with Gasteiger partial charge in [0.1, 0.15) is 5.82 Å². The van der Waals surface area contributed by atoms with Crippen LogP contribution in [0.25, 0.3) is 0 Å². The minimum Gasteiger partial charge on any atom is -0.385 e. The van der Waals surface area contributed by atoms with Crippen molar-refractivity contribution in [3.05, 3.63) is 29.6 Å². The number of hydrogen-bond donors (Lipinski definition) is 1. The molecule has 2 fully saturated rings. The lowest BCUT2D eigenvalue weighted by Crippen LogP contribution is -2.36. The summed E-state index contributed by atoms with van der Waals surface area (Å²) >= 11 is 0. The number of benzene rings is 1. The Hall–Kier alpha value is -1.13. The molecule has 2 aliphatic rings. The van der Waals surface area contributed by atoms with Gasteiger partial charge in [0.2, 0.25) is 0 Å². The van der Waals surface area contributed by atoms with Crippen molar-refractivity contribution in [2.75, 3.05) is 31.2 Å². The van der Waals surface area contributed by atoms with Gasteiger partial charge in [0.25, 0.3) is 0 Å². The minimum atomic E-state index is -0.760. The number of halogens is 1. The quantitative estimate of drug-likeness (QED) is 0.848. The Bertz CT molecular complexity index is 425. The van der Waals surface area contributed by atoms with Crippen LogP contribution in [0.1, 0.15) is 18.4 Å². The third-order valence-corrected chi connectivity index (χ3v) is 3.56. The first kappa shape index (κ1) is 11.0. The van der Waals surface area contributed by atoms with E-state index in [0.29, 0.717) is 24.5 Å². The number of rotatable bonds is 2. The highest BCUT2D eigenvalue weighted by molar-refractivity contribution is 5.50. The van der Waals surface area contributed by atoms with Crippen LogP contribution in [0.2, 0.25) is 0 Å².